The zero-order valence-electron chi connectivity index (χ0n) is 17.7. The van der Waals surface area contributed by atoms with Crippen LogP contribution in [0.1, 0.15) is 36.8 Å². The Kier molecular flexibility index (Phi) is 6.83. The summed E-state index contributed by atoms with van der Waals surface area (Å²) >= 11 is 6.14. The van der Waals surface area contributed by atoms with Gasteiger partial charge in [0.2, 0.25) is 21.8 Å². The first-order valence-electron chi connectivity index (χ1n) is 10.8. The molecule has 1 saturated heterocycles. The molecule has 2 aliphatic heterocycles. The fourth-order valence-corrected chi connectivity index (χ4v) is 5.94. The van der Waals surface area contributed by atoms with Gasteiger partial charge in [0.1, 0.15) is 6.54 Å². The van der Waals surface area contributed by atoms with Gasteiger partial charge >= 0.3 is 0 Å². The van der Waals surface area contributed by atoms with Crippen LogP contribution in [0.2, 0.25) is 5.02 Å². The summed E-state index contributed by atoms with van der Waals surface area (Å²) in [6.07, 6.45) is 3.24. The van der Waals surface area contributed by atoms with E-state index in [0.29, 0.717) is 43.1 Å². The molecule has 2 amide bonds. The van der Waals surface area contributed by atoms with Crippen LogP contribution in [0.3, 0.4) is 0 Å². The highest BCUT2D eigenvalue weighted by Gasteiger charge is 2.30. The van der Waals surface area contributed by atoms with Crippen LogP contribution in [-0.4, -0.2) is 44.2 Å². The van der Waals surface area contributed by atoms with E-state index in [2.05, 4.69) is 5.32 Å². The van der Waals surface area contributed by atoms with Crippen molar-refractivity contribution in [2.45, 2.75) is 43.5 Å². The van der Waals surface area contributed by atoms with Crippen molar-refractivity contribution < 1.29 is 18.0 Å². The van der Waals surface area contributed by atoms with Gasteiger partial charge in [-0.25, -0.2) is 8.42 Å². The zero-order chi connectivity index (χ0) is 22.7. The molecule has 0 radical (unpaired) electrons. The van der Waals surface area contributed by atoms with E-state index in [9.17, 15) is 18.0 Å². The van der Waals surface area contributed by atoms with Crippen molar-refractivity contribution in [2.75, 3.05) is 24.5 Å². The Morgan fingerprint density at radius 3 is 2.53 bits per heavy atom. The molecule has 32 heavy (non-hydrogen) atoms. The Morgan fingerprint density at radius 1 is 1.03 bits per heavy atom. The van der Waals surface area contributed by atoms with E-state index in [1.54, 1.807) is 24.3 Å². The summed E-state index contributed by atoms with van der Waals surface area (Å²) in [6, 6.07) is 12.1. The maximum Gasteiger partial charge on any atom is 0.243 e. The summed E-state index contributed by atoms with van der Waals surface area (Å²) in [5.74, 6) is -0.452. The number of rotatable bonds is 6. The first kappa shape index (κ1) is 22.8. The normalized spacial score (nSPS) is 17.2. The van der Waals surface area contributed by atoms with Gasteiger partial charge in [-0.3, -0.25) is 9.59 Å². The van der Waals surface area contributed by atoms with Crippen molar-refractivity contribution in [1.29, 1.82) is 0 Å². The molecule has 0 unspecified atom stereocenters. The maximum atomic E-state index is 12.9. The second-order valence-electron chi connectivity index (χ2n) is 8.10. The van der Waals surface area contributed by atoms with Crippen molar-refractivity contribution in [1.82, 2.24) is 9.62 Å². The lowest BCUT2D eigenvalue weighted by Crippen LogP contribution is -2.40. The number of benzene rings is 2. The van der Waals surface area contributed by atoms with Gasteiger partial charge in [0.05, 0.1) is 4.90 Å². The third kappa shape index (κ3) is 4.82. The van der Waals surface area contributed by atoms with E-state index in [-0.39, 0.29) is 29.8 Å². The molecule has 0 saturated carbocycles. The smallest absolute Gasteiger partial charge is 0.243 e. The van der Waals surface area contributed by atoms with Crippen molar-refractivity contribution in [3.63, 3.8) is 0 Å². The predicted octanol–water partition coefficient (Wildman–Crippen LogP) is 3.11. The number of hydrogen-bond donors (Lipinski definition) is 1. The minimum atomic E-state index is -3.54. The lowest BCUT2D eigenvalue weighted by atomic mass is 10.1. The fraction of sp³-hybridized carbons (Fsp3) is 0.391. The molecule has 1 N–H and O–H groups in total. The SMILES string of the molecule is O=C(CN1C(=O)CCCc2cc(S(=O)(=O)N3CCCC3)ccc21)NCc1ccccc1Cl. The molecular weight excluding hydrogens is 450 g/mol. The van der Waals surface area contributed by atoms with Crippen LogP contribution >= 0.6 is 11.6 Å². The van der Waals surface area contributed by atoms with Gasteiger partial charge < -0.3 is 10.2 Å². The van der Waals surface area contributed by atoms with E-state index in [1.165, 1.54) is 9.21 Å². The van der Waals surface area contributed by atoms with E-state index in [4.69, 9.17) is 11.6 Å². The third-order valence-electron chi connectivity index (χ3n) is 5.92. The molecule has 170 valence electrons. The second kappa shape index (κ2) is 9.60. The lowest BCUT2D eigenvalue weighted by Gasteiger charge is -2.24. The molecule has 4 rings (SSSR count). The average molecular weight is 476 g/mol. The van der Waals surface area contributed by atoms with Crippen LogP contribution in [0.25, 0.3) is 0 Å². The van der Waals surface area contributed by atoms with Gasteiger partial charge in [0, 0.05) is 36.8 Å². The van der Waals surface area contributed by atoms with Crippen LogP contribution in [0.5, 0.6) is 0 Å². The van der Waals surface area contributed by atoms with Crippen molar-refractivity contribution >= 4 is 39.1 Å². The molecule has 0 aliphatic carbocycles. The molecule has 2 aromatic rings. The number of fused-ring (bicyclic) bond motifs is 1. The van der Waals surface area contributed by atoms with Gasteiger partial charge in [0.25, 0.3) is 0 Å². The van der Waals surface area contributed by atoms with E-state index in [1.807, 2.05) is 18.2 Å². The Balaban J connectivity index is 1.53. The number of amides is 2. The maximum absolute atomic E-state index is 12.9. The standard InChI is InChI=1S/C23H26ClN3O4S/c24-20-8-2-1-6-18(20)15-25-22(28)16-27-21-11-10-19(14-17(21)7-5-9-23(27)29)32(30,31)26-12-3-4-13-26/h1-2,6,8,10-11,14H,3-5,7,9,12-13,15-16H2,(H,25,28). The molecule has 7 nitrogen and oxygen atoms in total. The Labute approximate surface area is 193 Å². The number of halogens is 1. The van der Waals surface area contributed by atoms with Crippen LogP contribution in [0.15, 0.2) is 47.4 Å². The molecule has 2 heterocycles. The minimum Gasteiger partial charge on any atom is -0.350 e. The second-order valence-corrected chi connectivity index (χ2v) is 10.4. The zero-order valence-corrected chi connectivity index (χ0v) is 19.3. The third-order valence-corrected chi connectivity index (χ3v) is 8.18. The summed E-state index contributed by atoms with van der Waals surface area (Å²) in [4.78, 5) is 27.0. The molecule has 0 atom stereocenters. The highest BCUT2D eigenvalue weighted by Crippen LogP contribution is 2.31. The van der Waals surface area contributed by atoms with Crippen LogP contribution in [0.4, 0.5) is 5.69 Å². The highest BCUT2D eigenvalue weighted by atomic mass is 35.5. The summed E-state index contributed by atoms with van der Waals surface area (Å²) in [5, 5.41) is 3.38. The number of carbonyl (C=O) groups is 2. The number of nitrogens with one attached hydrogen (secondary N) is 1. The first-order valence-corrected chi connectivity index (χ1v) is 12.6. The molecule has 2 aromatic carbocycles. The molecule has 9 heteroatoms. The quantitative estimate of drug-likeness (QED) is 0.695. The number of carbonyl (C=O) groups excluding carboxylic acids is 2. The van der Waals surface area contributed by atoms with Gasteiger partial charge in [0.15, 0.2) is 0 Å². The van der Waals surface area contributed by atoms with Gasteiger partial charge in [-0.1, -0.05) is 29.8 Å². The number of sulfonamides is 1. The topological polar surface area (TPSA) is 86.8 Å². The minimum absolute atomic E-state index is 0.130. The van der Waals surface area contributed by atoms with Crippen LogP contribution < -0.4 is 10.2 Å². The van der Waals surface area contributed by atoms with Crippen molar-refractivity contribution in [3.05, 3.63) is 58.6 Å². The van der Waals surface area contributed by atoms with E-state index >= 15 is 0 Å². The fourth-order valence-electron chi connectivity index (χ4n) is 4.17. The van der Waals surface area contributed by atoms with Gasteiger partial charge in [-0.2, -0.15) is 4.31 Å². The molecule has 0 spiro atoms. The number of anilines is 1. The molecule has 2 aliphatic rings. The predicted molar refractivity (Wildman–Crippen MR) is 123 cm³/mol. The first-order chi connectivity index (χ1) is 15.4. The molecule has 1 fully saturated rings. The summed E-state index contributed by atoms with van der Waals surface area (Å²) in [5.41, 5.74) is 2.16. The summed E-state index contributed by atoms with van der Waals surface area (Å²) in [6.45, 7) is 1.21. The van der Waals surface area contributed by atoms with Crippen molar-refractivity contribution in [3.8, 4) is 0 Å². The summed E-state index contributed by atoms with van der Waals surface area (Å²) < 4.78 is 27.4. The number of hydrogen-bond acceptors (Lipinski definition) is 4. The van der Waals surface area contributed by atoms with Crippen LogP contribution in [0, 0.1) is 0 Å². The van der Waals surface area contributed by atoms with Gasteiger partial charge in [-0.15, -0.1) is 0 Å². The largest absolute Gasteiger partial charge is 0.350 e. The van der Waals surface area contributed by atoms with Gasteiger partial charge in [-0.05, 0) is 61.1 Å². The molecule has 0 aromatic heterocycles. The summed E-state index contributed by atoms with van der Waals surface area (Å²) in [7, 11) is -3.54. The Hall–Kier alpha value is -2.42. The molecular formula is C23H26ClN3O4S. The van der Waals surface area contributed by atoms with Crippen LogP contribution in [-0.2, 0) is 32.6 Å². The lowest BCUT2D eigenvalue weighted by molar-refractivity contribution is -0.123. The van der Waals surface area contributed by atoms with E-state index < -0.39 is 10.0 Å². The average Bonchev–Trinajstić information content (AvgIpc) is 3.28. The van der Waals surface area contributed by atoms with Crippen molar-refractivity contribution in [2.24, 2.45) is 0 Å². The number of nitrogens with zero attached hydrogens (tertiary/aromatic N) is 2. The number of aryl methyl sites for hydroxylation is 1. The van der Waals surface area contributed by atoms with E-state index in [0.717, 1.165) is 24.0 Å². The Morgan fingerprint density at radius 2 is 1.78 bits per heavy atom. The highest BCUT2D eigenvalue weighted by molar-refractivity contribution is 7.89. The monoisotopic (exact) mass is 475 g/mol. The molecule has 0 bridgehead atoms. The Bertz CT molecular complexity index is 1130.